The normalized spacial score (nSPS) is 13.4. The van der Waals surface area contributed by atoms with E-state index in [0.29, 0.717) is 0 Å². The molecule has 0 aromatic carbocycles. The van der Waals surface area contributed by atoms with Crippen LogP contribution >= 0.6 is 0 Å². The number of carboxylic acids is 2. The fourth-order valence-corrected chi connectivity index (χ4v) is 0.953. The Morgan fingerprint density at radius 2 is 1.79 bits per heavy atom. The molecule has 0 saturated carbocycles. The first kappa shape index (κ1) is 12.6. The molecule has 0 aliphatic rings. The summed E-state index contributed by atoms with van der Waals surface area (Å²) in [7, 11) is 0. The Bertz CT molecular complexity index is 267. The summed E-state index contributed by atoms with van der Waals surface area (Å²) in [6, 6.07) is 0. The van der Waals surface area contributed by atoms with Crippen molar-refractivity contribution < 1.29 is 30.0 Å². The maximum Gasteiger partial charge on any atom is 0.332 e. The number of aliphatic hydroxyl groups is 2. The predicted molar refractivity (Wildman–Crippen MR) is 45.4 cm³/mol. The molecule has 0 fully saturated rings. The van der Waals surface area contributed by atoms with Gasteiger partial charge in [-0.05, 0) is 6.42 Å². The van der Waals surface area contributed by atoms with Crippen molar-refractivity contribution in [3.8, 4) is 0 Å². The minimum absolute atomic E-state index is 0.309. The van der Waals surface area contributed by atoms with E-state index in [2.05, 4.69) is 6.58 Å². The van der Waals surface area contributed by atoms with E-state index in [1.807, 2.05) is 0 Å². The van der Waals surface area contributed by atoms with Crippen molar-refractivity contribution in [1.82, 2.24) is 0 Å². The lowest BCUT2D eigenvalue weighted by atomic mass is 9.89. The van der Waals surface area contributed by atoms with Gasteiger partial charge in [0.25, 0.3) is 0 Å². The number of hydrogen-bond donors (Lipinski definition) is 4. The third-order valence-electron chi connectivity index (χ3n) is 1.85. The van der Waals surface area contributed by atoms with Gasteiger partial charge in [-0.1, -0.05) is 13.5 Å². The monoisotopic (exact) mass is 204 g/mol. The number of rotatable bonds is 5. The molecular formula is C8H12O6. The summed E-state index contributed by atoms with van der Waals surface area (Å²) in [5.74, 6) is -7.73. The molecule has 14 heavy (non-hydrogen) atoms. The summed E-state index contributed by atoms with van der Waals surface area (Å²) in [6.45, 7) is 4.31. The quantitative estimate of drug-likeness (QED) is 0.352. The summed E-state index contributed by atoms with van der Waals surface area (Å²) < 4.78 is 0. The molecule has 0 spiro atoms. The van der Waals surface area contributed by atoms with Crippen LogP contribution in [0, 0.1) is 5.92 Å². The maximum atomic E-state index is 10.6. The largest absolute Gasteiger partial charge is 0.481 e. The van der Waals surface area contributed by atoms with Gasteiger partial charge >= 0.3 is 11.9 Å². The molecule has 0 amide bonds. The molecule has 0 rings (SSSR count). The van der Waals surface area contributed by atoms with Crippen molar-refractivity contribution in [3.05, 3.63) is 12.2 Å². The van der Waals surface area contributed by atoms with Crippen molar-refractivity contribution in [1.29, 1.82) is 0 Å². The predicted octanol–water partition coefficient (Wildman–Crippen LogP) is -0.581. The Balaban J connectivity index is 5.06. The Hall–Kier alpha value is -1.40. The minimum atomic E-state index is -2.60. The van der Waals surface area contributed by atoms with E-state index >= 15 is 0 Å². The van der Waals surface area contributed by atoms with Crippen LogP contribution in [0.5, 0.6) is 0 Å². The highest BCUT2D eigenvalue weighted by Crippen LogP contribution is 2.25. The van der Waals surface area contributed by atoms with Crippen molar-refractivity contribution >= 4 is 11.9 Å². The Labute approximate surface area is 80.1 Å². The van der Waals surface area contributed by atoms with Crippen molar-refractivity contribution in [2.75, 3.05) is 0 Å². The van der Waals surface area contributed by atoms with Crippen LogP contribution in [0.2, 0.25) is 0 Å². The molecule has 0 radical (unpaired) electrons. The highest BCUT2D eigenvalue weighted by Gasteiger charge is 2.42. The Kier molecular flexibility index (Phi) is 3.79. The van der Waals surface area contributed by atoms with Gasteiger partial charge < -0.3 is 20.4 Å². The molecule has 1 atom stereocenters. The van der Waals surface area contributed by atoms with Gasteiger partial charge in [0.15, 0.2) is 5.79 Å². The third-order valence-corrected chi connectivity index (χ3v) is 1.85. The average Bonchev–Trinajstić information content (AvgIpc) is 2.03. The summed E-state index contributed by atoms with van der Waals surface area (Å²) in [5, 5.41) is 35.5. The van der Waals surface area contributed by atoms with E-state index in [-0.39, 0.29) is 6.42 Å². The van der Waals surface area contributed by atoms with Gasteiger partial charge in [-0.3, -0.25) is 4.79 Å². The van der Waals surface area contributed by atoms with Crippen molar-refractivity contribution in [2.45, 2.75) is 19.1 Å². The molecule has 4 N–H and O–H groups in total. The van der Waals surface area contributed by atoms with Gasteiger partial charge in [-0.2, -0.15) is 0 Å². The molecule has 0 saturated heterocycles. The van der Waals surface area contributed by atoms with Crippen LogP contribution in [-0.2, 0) is 9.59 Å². The Morgan fingerprint density at radius 3 is 2.00 bits per heavy atom. The summed E-state index contributed by atoms with van der Waals surface area (Å²) in [6.07, 6.45) is -0.309. The zero-order chi connectivity index (χ0) is 11.5. The highest BCUT2D eigenvalue weighted by atomic mass is 16.5. The topological polar surface area (TPSA) is 115 Å². The summed E-state index contributed by atoms with van der Waals surface area (Å²) in [5.41, 5.74) is -0.760. The molecule has 0 aromatic heterocycles. The molecule has 0 bridgehead atoms. The minimum Gasteiger partial charge on any atom is -0.481 e. The van der Waals surface area contributed by atoms with Crippen LogP contribution in [-0.4, -0.2) is 38.2 Å². The van der Waals surface area contributed by atoms with Crippen molar-refractivity contribution in [2.24, 2.45) is 5.92 Å². The van der Waals surface area contributed by atoms with Crippen LogP contribution in [0.4, 0.5) is 0 Å². The van der Waals surface area contributed by atoms with Crippen LogP contribution in [0.15, 0.2) is 12.2 Å². The SMILES string of the molecule is C=C(C(=O)O)C(C(=O)O)C(O)(O)CC. The molecule has 6 nitrogen and oxygen atoms in total. The lowest BCUT2D eigenvalue weighted by molar-refractivity contribution is -0.205. The lowest BCUT2D eigenvalue weighted by Gasteiger charge is -2.26. The van der Waals surface area contributed by atoms with E-state index in [1.165, 1.54) is 6.92 Å². The van der Waals surface area contributed by atoms with Crippen LogP contribution in [0.3, 0.4) is 0 Å². The second kappa shape index (κ2) is 4.21. The second-order valence-electron chi connectivity index (χ2n) is 2.83. The van der Waals surface area contributed by atoms with E-state index in [1.54, 1.807) is 0 Å². The van der Waals surface area contributed by atoms with Crippen LogP contribution in [0.25, 0.3) is 0 Å². The molecule has 0 aliphatic carbocycles. The first-order chi connectivity index (χ1) is 6.24. The van der Waals surface area contributed by atoms with Gasteiger partial charge in [-0.15, -0.1) is 0 Å². The zero-order valence-corrected chi connectivity index (χ0v) is 7.60. The first-order valence-corrected chi connectivity index (χ1v) is 3.83. The van der Waals surface area contributed by atoms with Crippen LogP contribution in [0.1, 0.15) is 13.3 Å². The van der Waals surface area contributed by atoms with Gasteiger partial charge in [-0.25, -0.2) is 4.79 Å². The first-order valence-electron chi connectivity index (χ1n) is 3.83. The number of hydrogen-bond acceptors (Lipinski definition) is 4. The fraction of sp³-hybridized carbons (Fsp3) is 0.500. The average molecular weight is 204 g/mol. The molecule has 6 heteroatoms. The second-order valence-corrected chi connectivity index (χ2v) is 2.83. The van der Waals surface area contributed by atoms with Gasteiger partial charge in [0.05, 0.1) is 0 Å². The van der Waals surface area contributed by atoms with E-state index in [9.17, 15) is 19.8 Å². The smallest absolute Gasteiger partial charge is 0.332 e. The van der Waals surface area contributed by atoms with Crippen LogP contribution < -0.4 is 0 Å². The molecule has 0 heterocycles. The third kappa shape index (κ3) is 2.54. The number of aliphatic carboxylic acids is 2. The number of carboxylic acid groups (broad SMARTS) is 2. The summed E-state index contributed by atoms with van der Waals surface area (Å²) in [4.78, 5) is 21.0. The Morgan fingerprint density at radius 1 is 1.36 bits per heavy atom. The highest BCUT2D eigenvalue weighted by molar-refractivity contribution is 5.93. The fourth-order valence-electron chi connectivity index (χ4n) is 0.953. The maximum absolute atomic E-state index is 10.6. The van der Waals surface area contributed by atoms with E-state index in [0.717, 1.165) is 0 Å². The number of carbonyl (C=O) groups is 2. The van der Waals surface area contributed by atoms with Gasteiger partial charge in [0.2, 0.25) is 0 Å². The molecule has 0 aliphatic heterocycles. The standard InChI is InChI=1S/C8H12O6/c1-3-8(13,14)5(7(11)12)4(2)6(9)10/h5,13-14H,2-3H2,1H3,(H,9,10)(H,11,12). The lowest BCUT2D eigenvalue weighted by Crippen LogP contribution is -2.44. The molecule has 80 valence electrons. The van der Waals surface area contributed by atoms with E-state index < -0.39 is 29.2 Å². The molecular weight excluding hydrogens is 192 g/mol. The molecule has 1 unspecified atom stereocenters. The summed E-state index contributed by atoms with van der Waals surface area (Å²) >= 11 is 0. The van der Waals surface area contributed by atoms with Gasteiger partial charge in [0.1, 0.15) is 5.92 Å². The zero-order valence-electron chi connectivity index (χ0n) is 7.60. The van der Waals surface area contributed by atoms with Gasteiger partial charge in [0, 0.05) is 5.57 Å². The van der Waals surface area contributed by atoms with Crippen molar-refractivity contribution in [3.63, 3.8) is 0 Å². The molecule has 0 aromatic rings. The van der Waals surface area contributed by atoms with E-state index in [4.69, 9.17) is 10.2 Å².